The van der Waals surface area contributed by atoms with Crippen LogP contribution in [0.3, 0.4) is 0 Å². The van der Waals surface area contributed by atoms with Crippen LogP contribution in [0.25, 0.3) is 0 Å². The minimum absolute atomic E-state index is 0.0356. The van der Waals surface area contributed by atoms with E-state index in [4.69, 9.17) is 0 Å². The van der Waals surface area contributed by atoms with Crippen LogP contribution >= 0.6 is 0 Å². The maximum atomic E-state index is 10.9. The Morgan fingerprint density at radius 3 is 2.60 bits per heavy atom. The van der Waals surface area contributed by atoms with Crippen LogP contribution in [0.5, 0.6) is 0 Å². The van der Waals surface area contributed by atoms with Gasteiger partial charge in [0.2, 0.25) is 5.91 Å². The molecular formula is C7H12N2O. The summed E-state index contributed by atoms with van der Waals surface area (Å²) in [4.78, 5) is 10.9. The molecule has 0 radical (unpaired) electrons. The summed E-state index contributed by atoms with van der Waals surface area (Å²) in [6.07, 6.45) is 0. The molecule has 1 fully saturated rings. The summed E-state index contributed by atoms with van der Waals surface area (Å²) in [6.45, 7) is 5.49. The number of carbonyl (C=O) groups is 1. The third-order valence-corrected chi connectivity index (χ3v) is 1.79. The first-order valence-electron chi connectivity index (χ1n) is 3.37. The van der Waals surface area contributed by atoms with Crippen LogP contribution in [-0.2, 0) is 4.79 Å². The van der Waals surface area contributed by atoms with Gasteiger partial charge in [-0.25, -0.2) is 0 Å². The highest BCUT2D eigenvalue weighted by Gasteiger charge is 2.23. The van der Waals surface area contributed by atoms with E-state index in [1.54, 1.807) is 7.05 Å². The monoisotopic (exact) mass is 140 g/mol. The zero-order valence-corrected chi connectivity index (χ0v) is 6.11. The van der Waals surface area contributed by atoms with E-state index >= 15 is 0 Å². The Labute approximate surface area is 60.5 Å². The van der Waals surface area contributed by atoms with Gasteiger partial charge in [0.15, 0.2) is 0 Å². The predicted octanol–water partition coefficient (Wildman–Crippen LogP) is -0.492. The first-order valence-corrected chi connectivity index (χ1v) is 3.37. The Morgan fingerprint density at radius 2 is 2.30 bits per heavy atom. The molecule has 0 saturated carbocycles. The molecule has 0 aliphatic carbocycles. The van der Waals surface area contributed by atoms with E-state index in [2.05, 4.69) is 17.2 Å². The van der Waals surface area contributed by atoms with E-state index in [0.29, 0.717) is 11.5 Å². The summed E-state index contributed by atoms with van der Waals surface area (Å²) in [5.41, 5.74) is 0.696. The fraction of sp³-hybridized carbons (Fsp3) is 0.571. The largest absolute Gasteiger partial charge is 0.355 e. The molecule has 0 spiro atoms. The number of carbonyl (C=O) groups excluding carboxylic acids is 1. The summed E-state index contributed by atoms with van der Waals surface area (Å²) >= 11 is 0. The lowest BCUT2D eigenvalue weighted by molar-refractivity contribution is -0.117. The number of rotatable bonds is 2. The molecule has 0 aromatic heterocycles. The van der Waals surface area contributed by atoms with Crippen molar-refractivity contribution in [1.29, 1.82) is 0 Å². The highest BCUT2D eigenvalue weighted by molar-refractivity contribution is 5.93. The third kappa shape index (κ3) is 1.19. The molecule has 1 saturated heterocycles. The smallest absolute Gasteiger partial charge is 0.246 e. The molecule has 1 rings (SSSR count). The maximum absolute atomic E-state index is 10.9. The second kappa shape index (κ2) is 2.84. The highest BCUT2D eigenvalue weighted by atomic mass is 16.1. The predicted molar refractivity (Wildman–Crippen MR) is 39.6 cm³/mol. The van der Waals surface area contributed by atoms with Gasteiger partial charge >= 0.3 is 0 Å². The van der Waals surface area contributed by atoms with Crippen LogP contribution in [-0.4, -0.2) is 26.0 Å². The lowest BCUT2D eigenvalue weighted by Gasteiger charge is -2.27. The molecule has 56 valence electrons. The normalized spacial score (nSPS) is 17.7. The number of nitrogens with one attached hydrogen (secondary N) is 2. The maximum Gasteiger partial charge on any atom is 0.246 e. The Morgan fingerprint density at radius 1 is 1.70 bits per heavy atom. The molecular weight excluding hydrogens is 128 g/mol. The van der Waals surface area contributed by atoms with Crippen LogP contribution in [0.1, 0.15) is 0 Å². The van der Waals surface area contributed by atoms with Crippen molar-refractivity contribution in [2.75, 3.05) is 20.1 Å². The summed E-state index contributed by atoms with van der Waals surface area (Å²) in [5.74, 6) is 0.325. The van der Waals surface area contributed by atoms with Crippen LogP contribution in [0, 0.1) is 5.92 Å². The number of likely N-dealkylation sites (N-methyl/N-ethyl adjacent to an activating group) is 1. The fourth-order valence-corrected chi connectivity index (χ4v) is 0.881. The summed E-state index contributed by atoms with van der Waals surface area (Å²) in [5, 5.41) is 5.63. The SMILES string of the molecule is C=C(C(=O)NC)C1CNC1. The van der Waals surface area contributed by atoms with Gasteiger partial charge in [-0.1, -0.05) is 6.58 Å². The van der Waals surface area contributed by atoms with E-state index in [-0.39, 0.29) is 5.91 Å². The minimum atomic E-state index is -0.0356. The van der Waals surface area contributed by atoms with E-state index < -0.39 is 0 Å². The van der Waals surface area contributed by atoms with Gasteiger partial charge < -0.3 is 10.6 Å². The van der Waals surface area contributed by atoms with Gasteiger partial charge in [-0.2, -0.15) is 0 Å². The van der Waals surface area contributed by atoms with Crippen LogP contribution in [0.2, 0.25) is 0 Å². The second-order valence-electron chi connectivity index (χ2n) is 2.46. The first-order chi connectivity index (χ1) is 4.75. The molecule has 0 bridgehead atoms. The first kappa shape index (κ1) is 7.28. The second-order valence-corrected chi connectivity index (χ2v) is 2.46. The molecule has 2 N–H and O–H groups in total. The number of amides is 1. The van der Waals surface area contributed by atoms with Gasteiger partial charge in [-0.3, -0.25) is 4.79 Å². The lowest BCUT2D eigenvalue weighted by atomic mass is 9.94. The van der Waals surface area contributed by atoms with Crippen molar-refractivity contribution in [3.05, 3.63) is 12.2 Å². The van der Waals surface area contributed by atoms with Gasteiger partial charge in [-0.05, 0) is 0 Å². The average molecular weight is 140 g/mol. The molecule has 0 aromatic carbocycles. The summed E-state index contributed by atoms with van der Waals surface area (Å²) < 4.78 is 0. The Bertz CT molecular complexity index is 161. The van der Waals surface area contributed by atoms with Gasteiger partial charge in [0, 0.05) is 31.6 Å². The minimum Gasteiger partial charge on any atom is -0.355 e. The Kier molecular flexibility index (Phi) is 2.06. The van der Waals surface area contributed by atoms with Gasteiger partial charge in [0.1, 0.15) is 0 Å². The van der Waals surface area contributed by atoms with E-state index in [1.807, 2.05) is 0 Å². The molecule has 0 unspecified atom stereocenters. The van der Waals surface area contributed by atoms with E-state index in [9.17, 15) is 4.79 Å². The van der Waals surface area contributed by atoms with Crippen LogP contribution < -0.4 is 10.6 Å². The van der Waals surface area contributed by atoms with Crippen molar-refractivity contribution in [2.24, 2.45) is 5.92 Å². The highest BCUT2D eigenvalue weighted by Crippen LogP contribution is 2.12. The quantitative estimate of drug-likeness (QED) is 0.508. The Hall–Kier alpha value is -0.830. The molecule has 1 aliphatic heterocycles. The van der Waals surface area contributed by atoms with Crippen molar-refractivity contribution in [1.82, 2.24) is 10.6 Å². The van der Waals surface area contributed by atoms with Crippen molar-refractivity contribution in [2.45, 2.75) is 0 Å². The molecule has 3 heteroatoms. The third-order valence-electron chi connectivity index (χ3n) is 1.79. The molecule has 0 aromatic rings. The van der Waals surface area contributed by atoms with Gasteiger partial charge in [0.25, 0.3) is 0 Å². The molecule has 1 heterocycles. The fourth-order valence-electron chi connectivity index (χ4n) is 0.881. The number of hydrogen-bond acceptors (Lipinski definition) is 2. The molecule has 10 heavy (non-hydrogen) atoms. The lowest BCUT2D eigenvalue weighted by Crippen LogP contribution is -2.45. The van der Waals surface area contributed by atoms with Crippen molar-refractivity contribution in [3.63, 3.8) is 0 Å². The van der Waals surface area contributed by atoms with Crippen molar-refractivity contribution in [3.8, 4) is 0 Å². The van der Waals surface area contributed by atoms with E-state index in [0.717, 1.165) is 13.1 Å². The van der Waals surface area contributed by atoms with Crippen molar-refractivity contribution < 1.29 is 4.79 Å². The van der Waals surface area contributed by atoms with Crippen LogP contribution in [0.15, 0.2) is 12.2 Å². The number of hydrogen-bond donors (Lipinski definition) is 2. The molecule has 0 atom stereocenters. The van der Waals surface area contributed by atoms with Crippen molar-refractivity contribution >= 4 is 5.91 Å². The topological polar surface area (TPSA) is 41.1 Å². The molecule has 3 nitrogen and oxygen atoms in total. The van der Waals surface area contributed by atoms with E-state index in [1.165, 1.54) is 0 Å². The summed E-state index contributed by atoms with van der Waals surface area (Å²) in [7, 11) is 1.62. The van der Waals surface area contributed by atoms with Gasteiger partial charge in [-0.15, -0.1) is 0 Å². The Balaban J connectivity index is 2.39. The van der Waals surface area contributed by atoms with Gasteiger partial charge in [0.05, 0.1) is 0 Å². The van der Waals surface area contributed by atoms with Crippen LogP contribution in [0.4, 0.5) is 0 Å². The molecule has 1 amide bonds. The zero-order valence-electron chi connectivity index (χ0n) is 6.11. The average Bonchev–Trinajstić information content (AvgIpc) is 1.82. The molecule has 1 aliphatic rings. The zero-order chi connectivity index (χ0) is 7.56. The summed E-state index contributed by atoms with van der Waals surface area (Å²) in [6, 6.07) is 0. The standard InChI is InChI=1S/C7H12N2O/c1-5(7(10)8-2)6-3-9-4-6/h6,9H,1,3-4H2,2H3,(H,8,10).